The molecule has 24 heavy (non-hydrogen) atoms. The predicted octanol–water partition coefficient (Wildman–Crippen LogP) is 2.95. The molecule has 0 aromatic heterocycles. The molecular formula is C18H25NO5. The van der Waals surface area contributed by atoms with Crippen LogP contribution in [-0.4, -0.2) is 47.4 Å². The summed E-state index contributed by atoms with van der Waals surface area (Å²) < 4.78 is 10.5. The van der Waals surface area contributed by atoms with E-state index >= 15 is 0 Å². The van der Waals surface area contributed by atoms with Gasteiger partial charge >= 0.3 is 12.1 Å². The first kappa shape index (κ1) is 18.1. The monoisotopic (exact) mass is 335 g/mol. The van der Waals surface area contributed by atoms with Gasteiger partial charge in [0.2, 0.25) is 0 Å². The van der Waals surface area contributed by atoms with Gasteiger partial charge in [-0.25, -0.2) is 9.59 Å². The van der Waals surface area contributed by atoms with E-state index in [0.29, 0.717) is 19.4 Å². The van der Waals surface area contributed by atoms with E-state index < -0.39 is 23.7 Å². The van der Waals surface area contributed by atoms with Gasteiger partial charge in [-0.2, -0.15) is 0 Å². The SMILES string of the molecule is COc1ccc(CC2CCN(C(=O)OC(C)(C)C)C2C(=O)O)cc1. The van der Waals surface area contributed by atoms with Crippen LogP contribution < -0.4 is 4.74 Å². The van der Waals surface area contributed by atoms with Gasteiger partial charge in [-0.05, 0) is 57.2 Å². The number of aliphatic carboxylic acids is 1. The Morgan fingerprint density at radius 3 is 2.38 bits per heavy atom. The molecular weight excluding hydrogens is 310 g/mol. The van der Waals surface area contributed by atoms with Crippen LogP contribution in [0.5, 0.6) is 5.75 Å². The maximum atomic E-state index is 12.3. The molecule has 0 spiro atoms. The third-order valence-electron chi connectivity index (χ3n) is 4.06. The number of carboxylic acids is 1. The van der Waals surface area contributed by atoms with Crippen molar-refractivity contribution in [1.29, 1.82) is 0 Å². The van der Waals surface area contributed by atoms with Crippen molar-refractivity contribution in [1.82, 2.24) is 4.90 Å². The molecule has 1 fully saturated rings. The largest absolute Gasteiger partial charge is 0.497 e. The lowest BCUT2D eigenvalue weighted by Gasteiger charge is -2.28. The molecule has 0 aliphatic carbocycles. The van der Waals surface area contributed by atoms with E-state index in [4.69, 9.17) is 9.47 Å². The molecule has 1 aliphatic heterocycles. The van der Waals surface area contributed by atoms with Gasteiger partial charge in [-0.3, -0.25) is 4.90 Å². The summed E-state index contributed by atoms with van der Waals surface area (Å²) in [5, 5.41) is 9.59. The van der Waals surface area contributed by atoms with Crippen molar-refractivity contribution >= 4 is 12.1 Å². The van der Waals surface area contributed by atoms with Crippen LogP contribution in [0.25, 0.3) is 0 Å². The van der Waals surface area contributed by atoms with Crippen molar-refractivity contribution in [2.45, 2.75) is 45.3 Å². The molecule has 0 radical (unpaired) electrons. The number of hydrogen-bond donors (Lipinski definition) is 1. The number of amides is 1. The summed E-state index contributed by atoms with van der Waals surface area (Å²) in [6.45, 7) is 5.70. The Hall–Kier alpha value is -2.24. The normalized spacial score (nSPS) is 20.8. The number of hydrogen-bond acceptors (Lipinski definition) is 4. The number of nitrogens with zero attached hydrogens (tertiary/aromatic N) is 1. The average Bonchev–Trinajstić information content (AvgIpc) is 2.90. The zero-order valence-electron chi connectivity index (χ0n) is 14.6. The summed E-state index contributed by atoms with van der Waals surface area (Å²) in [4.78, 5) is 25.3. The molecule has 1 heterocycles. The summed E-state index contributed by atoms with van der Waals surface area (Å²) in [6, 6.07) is 6.70. The van der Waals surface area contributed by atoms with Crippen molar-refractivity contribution in [3.05, 3.63) is 29.8 Å². The molecule has 6 nitrogen and oxygen atoms in total. The van der Waals surface area contributed by atoms with Crippen molar-refractivity contribution in [3.8, 4) is 5.75 Å². The molecule has 0 bridgehead atoms. The Bertz CT molecular complexity index is 590. The second-order valence-corrected chi connectivity index (χ2v) is 7.06. The van der Waals surface area contributed by atoms with Crippen LogP contribution in [-0.2, 0) is 16.0 Å². The van der Waals surface area contributed by atoms with Gasteiger partial charge in [0.05, 0.1) is 7.11 Å². The van der Waals surface area contributed by atoms with E-state index in [1.54, 1.807) is 27.9 Å². The first-order valence-corrected chi connectivity index (χ1v) is 8.06. The number of ether oxygens (including phenoxy) is 2. The lowest BCUT2D eigenvalue weighted by atomic mass is 9.92. The third kappa shape index (κ3) is 4.40. The highest BCUT2D eigenvalue weighted by molar-refractivity contribution is 5.81. The second-order valence-electron chi connectivity index (χ2n) is 7.06. The second kappa shape index (κ2) is 7.11. The average molecular weight is 335 g/mol. The van der Waals surface area contributed by atoms with E-state index in [9.17, 15) is 14.7 Å². The quantitative estimate of drug-likeness (QED) is 0.915. The van der Waals surface area contributed by atoms with Gasteiger partial charge in [-0.1, -0.05) is 12.1 Å². The standard InChI is InChI=1S/C18H25NO5/c1-18(2,3)24-17(22)19-10-9-13(15(19)16(20)21)11-12-5-7-14(23-4)8-6-12/h5-8,13,15H,9-11H2,1-4H3,(H,20,21). The maximum absolute atomic E-state index is 12.3. The van der Waals surface area contributed by atoms with Crippen molar-refractivity contribution < 1.29 is 24.2 Å². The third-order valence-corrected chi connectivity index (χ3v) is 4.06. The molecule has 1 amide bonds. The van der Waals surface area contributed by atoms with Gasteiger partial charge in [0.1, 0.15) is 17.4 Å². The zero-order valence-corrected chi connectivity index (χ0v) is 14.6. The molecule has 0 saturated carbocycles. The number of methoxy groups -OCH3 is 1. The van der Waals surface area contributed by atoms with E-state index in [0.717, 1.165) is 11.3 Å². The minimum atomic E-state index is -0.989. The first-order valence-electron chi connectivity index (χ1n) is 8.06. The number of carbonyl (C=O) groups is 2. The smallest absolute Gasteiger partial charge is 0.411 e. The van der Waals surface area contributed by atoms with Crippen LogP contribution in [0.15, 0.2) is 24.3 Å². The number of carbonyl (C=O) groups excluding carboxylic acids is 1. The highest BCUT2D eigenvalue weighted by Crippen LogP contribution is 2.30. The topological polar surface area (TPSA) is 76.1 Å². The van der Waals surface area contributed by atoms with E-state index in [1.807, 2.05) is 24.3 Å². The molecule has 6 heteroatoms. The van der Waals surface area contributed by atoms with Crippen LogP contribution in [0.1, 0.15) is 32.8 Å². The fraction of sp³-hybridized carbons (Fsp3) is 0.556. The lowest BCUT2D eigenvalue weighted by Crippen LogP contribution is -2.45. The summed E-state index contributed by atoms with van der Waals surface area (Å²) >= 11 is 0. The van der Waals surface area contributed by atoms with Crippen molar-refractivity contribution in [2.24, 2.45) is 5.92 Å². The fourth-order valence-corrected chi connectivity index (χ4v) is 2.99. The summed E-state index contributed by atoms with van der Waals surface area (Å²) in [7, 11) is 1.60. The van der Waals surface area contributed by atoms with Crippen LogP contribution in [0.3, 0.4) is 0 Å². The lowest BCUT2D eigenvalue weighted by molar-refractivity contribution is -0.143. The maximum Gasteiger partial charge on any atom is 0.411 e. The van der Waals surface area contributed by atoms with E-state index in [-0.39, 0.29) is 5.92 Å². The van der Waals surface area contributed by atoms with Crippen LogP contribution in [0.4, 0.5) is 4.79 Å². The molecule has 1 aromatic carbocycles. The predicted molar refractivity (Wildman–Crippen MR) is 89.2 cm³/mol. The highest BCUT2D eigenvalue weighted by atomic mass is 16.6. The van der Waals surface area contributed by atoms with Crippen LogP contribution in [0, 0.1) is 5.92 Å². The van der Waals surface area contributed by atoms with Gasteiger partial charge < -0.3 is 14.6 Å². The highest BCUT2D eigenvalue weighted by Gasteiger charge is 2.43. The minimum Gasteiger partial charge on any atom is -0.497 e. The summed E-state index contributed by atoms with van der Waals surface area (Å²) in [6.07, 6.45) is 0.676. The fourth-order valence-electron chi connectivity index (χ4n) is 2.99. The first-order chi connectivity index (χ1) is 11.2. The Balaban J connectivity index is 2.10. The molecule has 2 unspecified atom stereocenters. The molecule has 2 atom stereocenters. The van der Waals surface area contributed by atoms with Gasteiger partial charge in [0.25, 0.3) is 0 Å². The summed E-state index contributed by atoms with van der Waals surface area (Å²) in [5.74, 6) is -0.365. The molecule has 2 rings (SSSR count). The Kier molecular flexibility index (Phi) is 5.36. The molecule has 1 saturated heterocycles. The van der Waals surface area contributed by atoms with Crippen LogP contribution in [0.2, 0.25) is 0 Å². The van der Waals surface area contributed by atoms with Crippen LogP contribution >= 0.6 is 0 Å². The number of carboxylic acid groups (broad SMARTS) is 1. The molecule has 132 valence electrons. The minimum absolute atomic E-state index is 0.136. The van der Waals surface area contributed by atoms with Crippen molar-refractivity contribution in [3.63, 3.8) is 0 Å². The van der Waals surface area contributed by atoms with E-state index in [1.165, 1.54) is 4.90 Å². The molecule has 1 aromatic rings. The number of rotatable bonds is 4. The Morgan fingerprint density at radius 2 is 1.88 bits per heavy atom. The Morgan fingerprint density at radius 1 is 1.25 bits per heavy atom. The number of likely N-dealkylation sites (tertiary alicyclic amines) is 1. The van der Waals surface area contributed by atoms with Gasteiger partial charge in [0, 0.05) is 6.54 Å². The van der Waals surface area contributed by atoms with Gasteiger partial charge in [0.15, 0.2) is 0 Å². The van der Waals surface area contributed by atoms with Crippen molar-refractivity contribution in [2.75, 3.05) is 13.7 Å². The molecule has 1 aliphatic rings. The Labute approximate surface area is 142 Å². The van der Waals surface area contributed by atoms with E-state index in [2.05, 4.69) is 0 Å². The zero-order chi connectivity index (χ0) is 17.9. The number of benzene rings is 1. The molecule has 1 N–H and O–H groups in total. The van der Waals surface area contributed by atoms with Gasteiger partial charge in [-0.15, -0.1) is 0 Å². The summed E-state index contributed by atoms with van der Waals surface area (Å²) in [5.41, 5.74) is 0.381.